The molecule has 0 aliphatic heterocycles. The quantitative estimate of drug-likeness (QED) is 0.674. The molecular formula is C18H16N4O. The highest BCUT2D eigenvalue weighted by atomic mass is 16.3. The number of nitrogen functional groups attached to an aromatic ring is 1. The zero-order chi connectivity index (χ0) is 16.4. The van der Waals surface area contributed by atoms with E-state index in [1.54, 1.807) is 26.2 Å². The van der Waals surface area contributed by atoms with Crippen molar-refractivity contribution in [2.45, 2.75) is 19.4 Å². The summed E-state index contributed by atoms with van der Waals surface area (Å²) in [6, 6.07) is 9.36. The summed E-state index contributed by atoms with van der Waals surface area (Å²) in [7, 11) is 0. The van der Waals surface area contributed by atoms with Crippen LogP contribution in [0.1, 0.15) is 19.4 Å². The average molecular weight is 304 g/mol. The van der Waals surface area contributed by atoms with Crippen LogP contribution in [0.3, 0.4) is 0 Å². The van der Waals surface area contributed by atoms with E-state index in [1.807, 2.05) is 30.3 Å². The first-order chi connectivity index (χ1) is 10.9. The number of rotatable bonds is 1. The molecule has 0 radical (unpaired) electrons. The van der Waals surface area contributed by atoms with Crippen LogP contribution < -0.4 is 5.73 Å². The van der Waals surface area contributed by atoms with Gasteiger partial charge in [0.15, 0.2) is 5.82 Å². The first-order valence-corrected chi connectivity index (χ1v) is 7.16. The van der Waals surface area contributed by atoms with E-state index >= 15 is 0 Å². The predicted molar refractivity (Wildman–Crippen MR) is 90.4 cm³/mol. The molecule has 0 fully saturated rings. The fraction of sp³-hybridized carbons (Fsp3) is 0.167. The van der Waals surface area contributed by atoms with Crippen LogP contribution in [0.15, 0.2) is 42.7 Å². The van der Waals surface area contributed by atoms with E-state index in [1.165, 1.54) is 0 Å². The maximum atomic E-state index is 9.70. The number of aliphatic hydroxyl groups is 1. The van der Waals surface area contributed by atoms with Crippen LogP contribution in [0.4, 0.5) is 5.82 Å². The molecule has 0 saturated heterocycles. The minimum atomic E-state index is -1.03. The molecule has 0 atom stereocenters. The maximum absolute atomic E-state index is 9.70. The molecule has 0 saturated carbocycles. The molecule has 3 N–H and O–H groups in total. The summed E-state index contributed by atoms with van der Waals surface area (Å²) in [6.07, 6.45) is 3.36. The van der Waals surface area contributed by atoms with Gasteiger partial charge in [-0.15, -0.1) is 0 Å². The molecule has 0 bridgehead atoms. The Morgan fingerprint density at radius 3 is 2.78 bits per heavy atom. The van der Waals surface area contributed by atoms with Crippen molar-refractivity contribution < 1.29 is 5.11 Å². The van der Waals surface area contributed by atoms with Crippen molar-refractivity contribution in [2.75, 3.05) is 5.73 Å². The van der Waals surface area contributed by atoms with E-state index in [-0.39, 0.29) is 0 Å². The van der Waals surface area contributed by atoms with Gasteiger partial charge in [0.05, 0.1) is 0 Å². The molecule has 0 unspecified atom stereocenters. The number of aromatic nitrogens is 3. The molecule has 1 aromatic carbocycles. The Labute approximate surface area is 134 Å². The molecular weight excluding hydrogens is 288 g/mol. The van der Waals surface area contributed by atoms with Gasteiger partial charge in [-0.1, -0.05) is 24.0 Å². The molecule has 3 aromatic rings. The van der Waals surface area contributed by atoms with E-state index in [0.717, 1.165) is 16.5 Å². The number of nitrogens with two attached hydrogens (primary N) is 1. The minimum Gasteiger partial charge on any atom is -0.382 e. The highest BCUT2D eigenvalue weighted by Gasteiger charge is 2.08. The Morgan fingerprint density at radius 1 is 1.17 bits per heavy atom. The molecule has 0 amide bonds. The highest BCUT2D eigenvalue weighted by molar-refractivity contribution is 5.87. The number of anilines is 1. The summed E-state index contributed by atoms with van der Waals surface area (Å²) in [4.78, 5) is 12.9. The summed E-state index contributed by atoms with van der Waals surface area (Å²) in [5, 5.41) is 10.5. The Morgan fingerprint density at radius 2 is 2.00 bits per heavy atom. The van der Waals surface area contributed by atoms with Gasteiger partial charge in [0, 0.05) is 28.9 Å². The van der Waals surface area contributed by atoms with Gasteiger partial charge in [-0.25, -0.2) is 15.0 Å². The largest absolute Gasteiger partial charge is 0.382 e. The molecule has 114 valence electrons. The molecule has 5 heteroatoms. The van der Waals surface area contributed by atoms with Crippen molar-refractivity contribution in [1.29, 1.82) is 0 Å². The zero-order valence-electron chi connectivity index (χ0n) is 12.9. The van der Waals surface area contributed by atoms with E-state index in [2.05, 4.69) is 26.8 Å². The normalized spacial score (nSPS) is 11.1. The van der Waals surface area contributed by atoms with E-state index < -0.39 is 5.60 Å². The average Bonchev–Trinajstić information content (AvgIpc) is 2.53. The maximum Gasteiger partial charge on any atom is 0.159 e. The number of fused-ring (bicyclic) bond motifs is 1. The summed E-state index contributed by atoms with van der Waals surface area (Å²) < 4.78 is 0. The zero-order valence-corrected chi connectivity index (χ0v) is 12.9. The molecule has 2 heterocycles. The first-order valence-electron chi connectivity index (χ1n) is 7.16. The number of pyridine rings is 1. The fourth-order valence-electron chi connectivity index (χ4n) is 2.08. The van der Waals surface area contributed by atoms with E-state index in [9.17, 15) is 5.11 Å². The Kier molecular flexibility index (Phi) is 3.68. The standard InChI is InChI=1S/C18H16N4O/c1-18(2,23)8-6-12-4-3-5-13(10-12)17-21-11-14-7-9-20-16(19)15(14)22-17/h3-5,7,9-11,23H,1-2H3,(H2,19,20). The molecule has 5 nitrogen and oxygen atoms in total. The van der Waals surface area contributed by atoms with Gasteiger partial charge in [0.1, 0.15) is 16.9 Å². The SMILES string of the molecule is CC(C)(O)C#Cc1cccc(-c2ncc3ccnc(N)c3n2)c1. The van der Waals surface area contributed by atoms with Crippen LogP contribution in [-0.2, 0) is 0 Å². The summed E-state index contributed by atoms with van der Waals surface area (Å²) in [5.74, 6) is 6.68. The number of benzene rings is 1. The highest BCUT2D eigenvalue weighted by Crippen LogP contribution is 2.21. The van der Waals surface area contributed by atoms with E-state index in [0.29, 0.717) is 17.2 Å². The van der Waals surface area contributed by atoms with Crippen LogP contribution in [0.25, 0.3) is 22.3 Å². The second kappa shape index (κ2) is 5.67. The fourth-order valence-corrected chi connectivity index (χ4v) is 2.08. The van der Waals surface area contributed by atoms with Crippen LogP contribution in [-0.4, -0.2) is 25.7 Å². The van der Waals surface area contributed by atoms with Gasteiger partial charge in [-0.3, -0.25) is 0 Å². The van der Waals surface area contributed by atoms with Gasteiger partial charge in [-0.2, -0.15) is 0 Å². The van der Waals surface area contributed by atoms with Gasteiger partial charge < -0.3 is 10.8 Å². The van der Waals surface area contributed by atoms with Crippen LogP contribution in [0.2, 0.25) is 0 Å². The second-order valence-electron chi connectivity index (χ2n) is 5.72. The lowest BCUT2D eigenvalue weighted by molar-refractivity contribution is 0.143. The summed E-state index contributed by atoms with van der Waals surface area (Å²) in [5.41, 5.74) is 7.09. The number of hydrogen-bond acceptors (Lipinski definition) is 5. The first kappa shape index (κ1) is 14.9. The smallest absolute Gasteiger partial charge is 0.159 e. The Hall–Kier alpha value is -2.97. The van der Waals surface area contributed by atoms with Crippen LogP contribution in [0.5, 0.6) is 0 Å². The molecule has 23 heavy (non-hydrogen) atoms. The van der Waals surface area contributed by atoms with Crippen molar-refractivity contribution >= 4 is 16.7 Å². The lowest BCUT2D eigenvalue weighted by Crippen LogP contribution is -2.14. The van der Waals surface area contributed by atoms with Crippen molar-refractivity contribution in [3.63, 3.8) is 0 Å². The lowest BCUT2D eigenvalue weighted by atomic mass is 10.1. The van der Waals surface area contributed by atoms with Crippen molar-refractivity contribution in [3.8, 4) is 23.2 Å². The monoisotopic (exact) mass is 304 g/mol. The predicted octanol–water partition coefficient (Wildman–Crippen LogP) is 2.40. The third-order valence-corrected chi connectivity index (χ3v) is 3.16. The van der Waals surface area contributed by atoms with Crippen molar-refractivity contribution in [2.24, 2.45) is 0 Å². The molecule has 0 aliphatic carbocycles. The topological polar surface area (TPSA) is 84.9 Å². The molecule has 3 rings (SSSR count). The van der Waals surface area contributed by atoms with Crippen LogP contribution >= 0.6 is 0 Å². The third-order valence-electron chi connectivity index (χ3n) is 3.16. The molecule has 0 spiro atoms. The molecule has 2 aromatic heterocycles. The van der Waals surface area contributed by atoms with Crippen molar-refractivity contribution in [1.82, 2.24) is 15.0 Å². The minimum absolute atomic E-state index is 0.379. The lowest BCUT2D eigenvalue weighted by Gasteiger charge is -2.06. The van der Waals surface area contributed by atoms with Gasteiger partial charge in [0.2, 0.25) is 0 Å². The second-order valence-corrected chi connectivity index (χ2v) is 5.72. The van der Waals surface area contributed by atoms with E-state index in [4.69, 9.17) is 5.73 Å². The Balaban J connectivity index is 2.05. The summed E-state index contributed by atoms with van der Waals surface area (Å²) in [6.45, 7) is 3.29. The summed E-state index contributed by atoms with van der Waals surface area (Å²) >= 11 is 0. The van der Waals surface area contributed by atoms with Crippen molar-refractivity contribution in [3.05, 3.63) is 48.3 Å². The van der Waals surface area contributed by atoms with Gasteiger partial charge in [0.25, 0.3) is 0 Å². The number of nitrogens with zero attached hydrogens (tertiary/aromatic N) is 3. The third kappa shape index (κ3) is 3.44. The Bertz CT molecular complexity index is 933. The van der Waals surface area contributed by atoms with Crippen LogP contribution in [0, 0.1) is 11.8 Å². The molecule has 0 aliphatic rings. The number of hydrogen-bond donors (Lipinski definition) is 2. The van der Waals surface area contributed by atoms with Gasteiger partial charge in [-0.05, 0) is 32.0 Å². The van der Waals surface area contributed by atoms with Gasteiger partial charge >= 0.3 is 0 Å².